The van der Waals surface area contributed by atoms with Crippen LogP contribution in [0.5, 0.6) is 0 Å². The zero-order valence-corrected chi connectivity index (χ0v) is 20.0. The quantitative estimate of drug-likeness (QED) is 0.111. The lowest BCUT2D eigenvalue weighted by Crippen LogP contribution is -2.42. The summed E-state index contributed by atoms with van der Waals surface area (Å²) in [5.41, 5.74) is 18.5. The van der Waals surface area contributed by atoms with Gasteiger partial charge < -0.3 is 31.0 Å². The van der Waals surface area contributed by atoms with E-state index in [4.69, 9.17) is 31.2 Å². The Hall–Kier alpha value is -1.32. The van der Waals surface area contributed by atoms with Gasteiger partial charge in [0.15, 0.2) is 0 Å². The van der Waals surface area contributed by atoms with Crippen LogP contribution in [-0.4, -0.2) is 50.3 Å². The van der Waals surface area contributed by atoms with Gasteiger partial charge in [0.25, 0.3) is 0 Å². The molecule has 0 aromatic rings. The predicted octanol–water partition coefficient (Wildman–Crippen LogP) is 3.83. The number of hydrogen-bond donors (Lipinski definition) is 4. The molecule has 1 rings (SSSR count). The van der Waals surface area contributed by atoms with Crippen LogP contribution in [0.3, 0.4) is 0 Å². The van der Waals surface area contributed by atoms with E-state index >= 15 is 0 Å². The van der Waals surface area contributed by atoms with Crippen molar-refractivity contribution in [3.05, 3.63) is 24.0 Å². The zero-order chi connectivity index (χ0) is 23.2. The third kappa shape index (κ3) is 13.0. The lowest BCUT2D eigenvalue weighted by Gasteiger charge is -2.29. The Kier molecular flexibility index (Phi) is 13.1. The fourth-order valence-corrected chi connectivity index (χ4v) is 3.35. The van der Waals surface area contributed by atoms with Gasteiger partial charge in [-0.2, -0.15) is 5.11 Å². The van der Waals surface area contributed by atoms with Gasteiger partial charge in [-0.05, 0) is 53.0 Å². The lowest BCUT2D eigenvalue weighted by molar-refractivity contribution is -0.0865. The molecule has 1 aliphatic carbocycles. The topological polar surface area (TPSA) is 128 Å². The first-order valence-electron chi connectivity index (χ1n) is 11.5. The Morgan fingerprint density at radius 2 is 1.94 bits per heavy atom. The SMILES string of the molecule is CC=CC(CC1CCC1)N/C=C(/COCCOC(C)(C)CCOC(C)(N)CCN)N=N. The van der Waals surface area contributed by atoms with Gasteiger partial charge in [0.05, 0.1) is 32.0 Å². The minimum atomic E-state index is -0.700. The van der Waals surface area contributed by atoms with E-state index in [1.165, 1.54) is 19.3 Å². The monoisotopic (exact) mass is 439 g/mol. The summed E-state index contributed by atoms with van der Waals surface area (Å²) < 4.78 is 17.3. The van der Waals surface area contributed by atoms with E-state index in [1.54, 1.807) is 6.20 Å². The van der Waals surface area contributed by atoms with E-state index in [0.29, 0.717) is 38.5 Å². The van der Waals surface area contributed by atoms with Gasteiger partial charge in [-0.1, -0.05) is 31.4 Å². The minimum Gasteiger partial charge on any atom is -0.383 e. The highest BCUT2D eigenvalue weighted by atomic mass is 16.5. The Labute approximate surface area is 188 Å². The molecule has 0 aromatic carbocycles. The maximum absolute atomic E-state index is 7.39. The first-order chi connectivity index (χ1) is 14.7. The first-order valence-corrected chi connectivity index (χ1v) is 11.5. The molecule has 0 aromatic heterocycles. The molecule has 0 amide bonds. The standard InChI is InChI=1S/C23H45N5O3/c1-5-7-20(16-19-8-6-9-19)27-17-21(28-26)18-29-14-15-30-22(2,3)11-13-31-23(4,25)10-12-24/h5,7,17,19-20,26-27H,6,8-16,18,24-25H2,1-4H3/b7-5?,21-17-,28-26?. The van der Waals surface area contributed by atoms with Gasteiger partial charge in [0, 0.05) is 18.7 Å². The fourth-order valence-electron chi connectivity index (χ4n) is 3.35. The van der Waals surface area contributed by atoms with Crippen LogP contribution < -0.4 is 16.8 Å². The first kappa shape index (κ1) is 27.7. The Morgan fingerprint density at radius 1 is 1.19 bits per heavy atom. The number of hydrogen-bond acceptors (Lipinski definition) is 8. The summed E-state index contributed by atoms with van der Waals surface area (Å²) in [4.78, 5) is 0. The van der Waals surface area contributed by atoms with Gasteiger partial charge in [0.1, 0.15) is 11.4 Å². The van der Waals surface area contributed by atoms with Crippen LogP contribution in [0.2, 0.25) is 0 Å². The molecule has 8 heteroatoms. The second-order valence-electron chi connectivity index (χ2n) is 9.19. The largest absolute Gasteiger partial charge is 0.383 e. The third-order valence-electron chi connectivity index (χ3n) is 5.59. The molecule has 0 radical (unpaired) electrons. The molecule has 0 aliphatic heterocycles. The van der Waals surface area contributed by atoms with Crippen molar-refractivity contribution in [2.45, 2.75) is 83.6 Å². The average Bonchev–Trinajstić information content (AvgIpc) is 2.65. The van der Waals surface area contributed by atoms with Crippen LogP contribution in [0.1, 0.15) is 66.2 Å². The summed E-state index contributed by atoms with van der Waals surface area (Å²) in [6.07, 6.45) is 12.5. The van der Waals surface area contributed by atoms with Crippen molar-refractivity contribution in [1.82, 2.24) is 5.32 Å². The van der Waals surface area contributed by atoms with Gasteiger partial charge in [-0.25, -0.2) is 5.53 Å². The highest BCUT2D eigenvalue weighted by molar-refractivity contribution is 5.02. The lowest BCUT2D eigenvalue weighted by atomic mass is 9.81. The number of allylic oxidation sites excluding steroid dienone is 1. The van der Waals surface area contributed by atoms with Crippen LogP contribution in [-0.2, 0) is 14.2 Å². The molecule has 0 saturated heterocycles. The summed E-state index contributed by atoms with van der Waals surface area (Å²) in [5.74, 6) is 0.805. The highest BCUT2D eigenvalue weighted by Gasteiger charge is 2.23. The molecular formula is C23H45N5O3. The molecule has 0 bridgehead atoms. The molecule has 2 unspecified atom stereocenters. The van der Waals surface area contributed by atoms with Gasteiger partial charge in [0.2, 0.25) is 0 Å². The maximum Gasteiger partial charge on any atom is 0.115 e. The Bertz CT molecular complexity index is 559. The van der Waals surface area contributed by atoms with Gasteiger partial charge in [-0.3, -0.25) is 0 Å². The Morgan fingerprint density at radius 3 is 2.52 bits per heavy atom. The van der Waals surface area contributed by atoms with Crippen LogP contribution >= 0.6 is 0 Å². The second kappa shape index (κ2) is 14.7. The molecule has 31 heavy (non-hydrogen) atoms. The molecule has 180 valence electrons. The number of rotatable bonds is 18. The maximum atomic E-state index is 7.39. The molecule has 1 saturated carbocycles. The van der Waals surface area contributed by atoms with Crippen molar-refractivity contribution in [3.63, 3.8) is 0 Å². The smallest absolute Gasteiger partial charge is 0.115 e. The summed E-state index contributed by atoms with van der Waals surface area (Å²) in [5, 5.41) is 6.95. The fraction of sp³-hybridized carbons (Fsp3) is 0.826. The van der Waals surface area contributed by atoms with Crippen LogP contribution in [0.25, 0.3) is 0 Å². The van der Waals surface area contributed by atoms with E-state index in [0.717, 1.165) is 18.8 Å². The van der Waals surface area contributed by atoms with E-state index in [2.05, 4.69) is 22.6 Å². The molecule has 0 heterocycles. The summed E-state index contributed by atoms with van der Waals surface area (Å²) >= 11 is 0. The van der Waals surface area contributed by atoms with E-state index in [-0.39, 0.29) is 18.2 Å². The van der Waals surface area contributed by atoms with E-state index in [1.807, 2.05) is 27.7 Å². The van der Waals surface area contributed by atoms with E-state index in [9.17, 15) is 0 Å². The van der Waals surface area contributed by atoms with Gasteiger partial charge in [-0.15, -0.1) is 0 Å². The molecule has 2 atom stereocenters. The molecule has 1 fully saturated rings. The van der Waals surface area contributed by atoms with Crippen molar-refractivity contribution >= 4 is 0 Å². The minimum absolute atomic E-state index is 0.277. The van der Waals surface area contributed by atoms with Crippen molar-refractivity contribution in [2.75, 3.05) is 33.0 Å². The van der Waals surface area contributed by atoms with Crippen LogP contribution in [0, 0.1) is 11.4 Å². The van der Waals surface area contributed by atoms with Crippen molar-refractivity contribution in [2.24, 2.45) is 22.5 Å². The normalized spacial score (nSPS) is 18.6. The molecule has 6 N–H and O–H groups in total. The van der Waals surface area contributed by atoms with Crippen molar-refractivity contribution in [3.8, 4) is 0 Å². The molecule has 1 aliphatic rings. The summed E-state index contributed by atoms with van der Waals surface area (Å²) in [6.45, 7) is 10.1. The number of nitrogens with two attached hydrogens (primary N) is 2. The average molecular weight is 440 g/mol. The van der Waals surface area contributed by atoms with E-state index < -0.39 is 5.72 Å². The van der Waals surface area contributed by atoms with Crippen LogP contribution in [0.15, 0.2) is 29.2 Å². The number of nitrogens with one attached hydrogen (secondary N) is 2. The highest BCUT2D eigenvalue weighted by Crippen LogP contribution is 2.30. The zero-order valence-electron chi connectivity index (χ0n) is 20.0. The van der Waals surface area contributed by atoms with Crippen LogP contribution in [0.4, 0.5) is 0 Å². The van der Waals surface area contributed by atoms with Crippen molar-refractivity contribution in [1.29, 1.82) is 5.53 Å². The third-order valence-corrected chi connectivity index (χ3v) is 5.59. The number of ether oxygens (including phenoxy) is 3. The van der Waals surface area contributed by atoms with Gasteiger partial charge >= 0.3 is 0 Å². The predicted molar refractivity (Wildman–Crippen MR) is 125 cm³/mol. The summed E-state index contributed by atoms with van der Waals surface area (Å²) in [6, 6.07) is 0.277. The molecule has 0 spiro atoms. The Balaban J connectivity index is 2.25. The number of nitrogens with zero attached hydrogens (tertiary/aromatic N) is 1. The summed E-state index contributed by atoms with van der Waals surface area (Å²) in [7, 11) is 0. The molecular weight excluding hydrogens is 394 g/mol. The van der Waals surface area contributed by atoms with Crippen molar-refractivity contribution < 1.29 is 14.2 Å². The molecule has 8 nitrogen and oxygen atoms in total. The second-order valence-corrected chi connectivity index (χ2v) is 9.19.